The van der Waals surface area contributed by atoms with Crippen LogP contribution in [0.3, 0.4) is 0 Å². The average molecular weight is 357 g/mol. The Morgan fingerprint density at radius 2 is 1.88 bits per heavy atom. The van der Waals surface area contributed by atoms with Gasteiger partial charge in [-0.2, -0.15) is 0 Å². The molecule has 1 spiro atoms. The summed E-state index contributed by atoms with van der Waals surface area (Å²) >= 11 is 0. The third-order valence-electron chi connectivity index (χ3n) is 6.62. The molecule has 0 N–H and O–H groups in total. The highest BCUT2D eigenvalue weighted by Gasteiger charge is 2.52. The summed E-state index contributed by atoms with van der Waals surface area (Å²) in [6.45, 7) is 3.76. The molecule has 0 aromatic carbocycles. The predicted molar refractivity (Wildman–Crippen MR) is 88.4 cm³/mol. The van der Waals surface area contributed by atoms with Crippen LogP contribution in [0.2, 0.25) is 0 Å². The number of piperidine rings is 1. The number of likely N-dealkylation sites (tertiary alicyclic amines) is 1. The molecule has 4 fully saturated rings. The topological polar surface area (TPSA) is 38.8 Å². The zero-order valence-electron chi connectivity index (χ0n) is 14.9. The Morgan fingerprint density at radius 1 is 1.16 bits per heavy atom. The highest BCUT2D eigenvalue weighted by molar-refractivity contribution is 5.80. The number of nitrogens with zero attached hydrogens (tertiary/aromatic N) is 1. The minimum Gasteiger partial charge on any atom is -0.381 e. The first-order valence-electron chi connectivity index (χ1n) is 9.86. The standard InChI is InChI=1S/C19H29F2NO3/c20-19(21)11-15(12-19)17(23)22-7-5-18(6-8-22)16(4-10-25-18)3-9-24-13-14-1-2-14/h14-16H,1-13H2/t16-/m0/s1. The molecule has 2 aliphatic heterocycles. The maximum absolute atomic E-state index is 13.0. The Bertz CT molecular complexity index is 493. The van der Waals surface area contributed by atoms with E-state index in [1.165, 1.54) is 12.8 Å². The Balaban J connectivity index is 1.24. The molecular formula is C19H29F2NO3. The fraction of sp³-hybridized carbons (Fsp3) is 0.947. The SMILES string of the molecule is O=C(C1CC(F)(F)C1)N1CCC2(CC1)OCC[C@@H]2CCOCC1CC1. The first-order chi connectivity index (χ1) is 12.0. The Morgan fingerprint density at radius 3 is 2.52 bits per heavy atom. The van der Waals surface area contributed by atoms with Gasteiger partial charge in [-0.15, -0.1) is 0 Å². The second-order valence-corrected chi connectivity index (χ2v) is 8.49. The number of amides is 1. The summed E-state index contributed by atoms with van der Waals surface area (Å²) in [4.78, 5) is 14.2. The maximum Gasteiger partial charge on any atom is 0.249 e. The second kappa shape index (κ2) is 6.76. The molecule has 4 nitrogen and oxygen atoms in total. The molecule has 6 heteroatoms. The van der Waals surface area contributed by atoms with Gasteiger partial charge < -0.3 is 14.4 Å². The molecule has 1 amide bonds. The highest BCUT2D eigenvalue weighted by atomic mass is 19.3. The van der Waals surface area contributed by atoms with Gasteiger partial charge in [-0.25, -0.2) is 8.78 Å². The third kappa shape index (κ3) is 3.85. The van der Waals surface area contributed by atoms with E-state index in [2.05, 4.69) is 0 Å². The zero-order chi connectivity index (χ0) is 17.5. The van der Waals surface area contributed by atoms with Crippen molar-refractivity contribution < 1.29 is 23.0 Å². The molecule has 0 radical (unpaired) electrons. The van der Waals surface area contributed by atoms with E-state index >= 15 is 0 Å². The highest BCUT2D eigenvalue weighted by Crippen LogP contribution is 2.46. The Kier molecular flexibility index (Phi) is 4.78. The normalized spacial score (nSPS) is 31.3. The molecule has 0 aromatic rings. The van der Waals surface area contributed by atoms with Crippen LogP contribution in [0.25, 0.3) is 0 Å². The van der Waals surface area contributed by atoms with Crippen LogP contribution in [-0.4, -0.2) is 55.2 Å². The first kappa shape index (κ1) is 17.7. The largest absolute Gasteiger partial charge is 0.381 e. The van der Waals surface area contributed by atoms with Crippen molar-refractivity contribution in [2.24, 2.45) is 17.8 Å². The van der Waals surface area contributed by atoms with Crippen LogP contribution in [0.5, 0.6) is 0 Å². The van der Waals surface area contributed by atoms with Crippen LogP contribution in [0.4, 0.5) is 8.78 Å². The molecule has 2 aliphatic carbocycles. The van der Waals surface area contributed by atoms with Gasteiger partial charge in [0.25, 0.3) is 0 Å². The molecule has 2 heterocycles. The lowest BCUT2D eigenvalue weighted by Gasteiger charge is -2.44. The van der Waals surface area contributed by atoms with Crippen LogP contribution < -0.4 is 0 Å². The van der Waals surface area contributed by atoms with Gasteiger partial charge in [-0.05, 0) is 50.4 Å². The lowest BCUT2D eigenvalue weighted by molar-refractivity contribution is -0.164. The van der Waals surface area contributed by atoms with Crippen molar-refractivity contribution in [3.05, 3.63) is 0 Å². The predicted octanol–water partition coefficient (Wildman–Crippen LogP) is 3.25. The summed E-state index contributed by atoms with van der Waals surface area (Å²) in [5.41, 5.74) is -0.122. The number of halogens is 2. The van der Waals surface area contributed by atoms with Crippen LogP contribution in [0, 0.1) is 17.8 Å². The van der Waals surface area contributed by atoms with Gasteiger partial charge in [0, 0.05) is 51.7 Å². The fourth-order valence-corrected chi connectivity index (χ4v) is 4.71. The number of carbonyl (C=O) groups is 1. The van der Waals surface area contributed by atoms with Crippen molar-refractivity contribution in [1.82, 2.24) is 4.90 Å². The molecule has 0 aromatic heterocycles. The van der Waals surface area contributed by atoms with E-state index < -0.39 is 11.8 Å². The molecule has 2 saturated carbocycles. The molecule has 4 aliphatic rings. The number of rotatable bonds is 6. The summed E-state index contributed by atoms with van der Waals surface area (Å²) in [5, 5.41) is 0. The van der Waals surface area contributed by atoms with Gasteiger partial charge in [-0.1, -0.05) is 0 Å². The van der Waals surface area contributed by atoms with E-state index in [-0.39, 0.29) is 24.3 Å². The van der Waals surface area contributed by atoms with E-state index in [9.17, 15) is 13.6 Å². The maximum atomic E-state index is 13.0. The third-order valence-corrected chi connectivity index (χ3v) is 6.62. The summed E-state index contributed by atoms with van der Waals surface area (Å²) < 4.78 is 37.9. The van der Waals surface area contributed by atoms with Crippen LogP contribution in [-0.2, 0) is 14.3 Å². The number of hydrogen-bond donors (Lipinski definition) is 0. The van der Waals surface area contributed by atoms with Crippen LogP contribution in [0.1, 0.15) is 51.4 Å². The van der Waals surface area contributed by atoms with E-state index in [0.717, 1.165) is 51.4 Å². The van der Waals surface area contributed by atoms with Gasteiger partial charge >= 0.3 is 0 Å². The smallest absolute Gasteiger partial charge is 0.249 e. The lowest BCUT2D eigenvalue weighted by Crippen LogP contribution is -2.53. The first-order valence-corrected chi connectivity index (χ1v) is 9.86. The molecule has 142 valence electrons. The minimum absolute atomic E-state index is 0.0805. The van der Waals surface area contributed by atoms with Crippen LogP contribution in [0.15, 0.2) is 0 Å². The Labute approximate surface area is 148 Å². The Hall–Kier alpha value is -0.750. The summed E-state index contributed by atoms with van der Waals surface area (Å²) in [6.07, 6.45) is 5.83. The van der Waals surface area contributed by atoms with E-state index in [0.29, 0.717) is 19.0 Å². The van der Waals surface area contributed by atoms with Crippen molar-refractivity contribution in [3.63, 3.8) is 0 Å². The van der Waals surface area contributed by atoms with Crippen molar-refractivity contribution >= 4 is 5.91 Å². The number of alkyl halides is 2. The van der Waals surface area contributed by atoms with Crippen LogP contribution >= 0.6 is 0 Å². The lowest BCUT2D eigenvalue weighted by atomic mass is 9.76. The summed E-state index contributed by atoms with van der Waals surface area (Å²) in [7, 11) is 0. The molecule has 2 saturated heterocycles. The fourth-order valence-electron chi connectivity index (χ4n) is 4.71. The quantitative estimate of drug-likeness (QED) is 0.685. The number of ether oxygens (including phenoxy) is 2. The van der Waals surface area contributed by atoms with Crippen molar-refractivity contribution in [3.8, 4) is 0 Å². The van der Waals surface area contributed by atoms with E-state index in [1.54, 1.807) is 4.90 Å². The van der Waals surface area contributed by atoms with E-state index in [4.69, 9.17) is 9.47 Å². The van der Waals surface area contributed by atoms with Crippen molar-refractivity contribution in [2.75, 3.05) is 32.9 Å². The number of hydrogen-bond acceptors (Lipinski definition) is 3. The zero-order valence-corrected chi connectivity index (χ0v) is 14.9. The molecule has 4 rings (SSSR count). The van der Waals surface area contributed by atoms with Gasteiger partial charge in [0.05, 0.1) is 5.60 Å². The summed E-state index contributed by atoms with van der Waals surface area (Å²) in [5.74, 6) is -1.89. The van der Waals surface area contributed by atoms with E-state index in [1.807, 2.05) is 0 Å². The van der Waals surface area contributed by atoms with Crippen molar-refractivity contribution in [2.45, 2.75) is 62.9 Å². The molecule has 0 bridgehead atoms. The molecule has 1 atom stereocenters. The van der Waals surface area contributed by atoms with Gasteiger partial charge in [-0.3, -0.25) is 4.79 Å². The monoisotopic (exact) mass is 357 g/mol. The molecule has 25 heavy (non-hydrogen) atoms. The van der Waals surface area contributed by atoms with Crippen molar-refractivity contribution in [1.29, 1.82) is 0 Å². The number of carbonyl (C=O) groups excluding carboxylic acids is 1. The second-order valence-electron chi connectivity index (χ2n) is 8.49. The van der Waals surface area contributed by atoms with Gasteiger partial charge in [0.15, 0.2) is 0 Å². The molecular weight excluding hydrogens is 328 g/mol. The summed E-state index contributed by atoms with van der Waals surface area (Å²) in [6, 6.07) is 0. The van der Waals surface area contributed by atoms with Gasteiger partial charge in [0.2, 0.25) is 11.8 Å². The average Bonchev–Trinajstić information content (AvgIpc) is 3.32. The minimum atomic E-state index is -2.63. The van der Waals surface area contributed by atoms with Gasteiger partial charge in [0.1, 0.15) is 0 Å². The molecule has 0 unspecified atom stereocenters.